The van der Waals surface area contributed by atoms with Gasteiger partial charge in [-0.3, -0.25) is 0 Å². The maximum atomic E-state index is 8.47. The molecular weight excluding hydrogens is 188 g/mol. The van der Waals surface area contributed by atoms with Crippen LogP contribution in [0.4, 0.5) is 0 Å². The van der Waals surface area contributed by atoms with E-state index in [-0.39, 0.29) is 0 Å². The fraction of sp³-hybridized carbons (Fsp3) is 0.500. The Hall–Kier alpha value is -0.580. The van der Waals surface area contributed by atoms with Gasteiger partial charge in [0.25, 0.3) is 0 Å². The standard InChI is InChI=1S/C8H10N2S2/c1-3-4-8(12-6-10)7(2)11-5-9/h3-4H2,1-2H3/b8-7+. The summed E-state index contributed by atoms with van der Waals surface area (Å²) >= 11 is 2.29. The Kier molecular flexibility index (Phi) is 6.75. The first-order valence-corrected chi connectivity index (χ1v) is 5.21. The third-order valence-corrected chi connectivity index (χ3v) is 2.86. The van der Waals surface area contributed by atoms with E-state index >= 15 is 0 Å². The third-order valence-electron chi connectivity index (χ3n) is 1.24. The van der Waals surface area contributed by atoms with Crippen molar-refractivity contribution < 1.29 is 0 Å². The second kappa shape index (κ2) is 7.09. The summed E-state index contributed by atoms with van der Waals surface area (Å²) in [5, 5.41) is 20.9. The Morgan fingerprint density at radius 2 is 1.83 bits per heavy atom. The van der Waals surface area contributed by atoms with E-state index in [1.54, 1.807) is 0 Å². The van der Waals surface area contributed by atoms with Crippen LogP contribution in [0.5, 0.6) is 0 Å². The SMILES string of the molecule is CCC/C(SC#N)=C(/C)SC#N. The van der Waals surface area contributed by atoms with Crippen molar-refractivity contribution in [3.8, 4) is 10.8 Å². The van der Waals surface area contributed by atoms with Crippen LogP contribution in [0.15, 0.2) is 9.81 Å². The summed E-state index contributed by atoms with van der Waals surface area (Å²) in [4.78, 5) is 1.97. The summed E-state index contributed by atoms with van der Waals surface area (Å²) in [5.41, 5.74) is 0. The van der Waals surface area contributed by atoms with Crippen molar-refractivity contribution in [3.05, 3.63) is 9.81 Å². The van der Waals surface area contributed by atoms with Crippen LogP contribution in [0.25, 0.3) is 0 Å². The zero-order valence-electron chi connectivity index (χ0n) is 7.13. The fourth-order valence-electron chi connectivity index (χ4n) is 0.706. The van der Waals surface area contributed by atoms with Gasteiger partial charge >= 0.3 is 0 Å². The molecule has 0 heterocycles. The van der Waals surface area contributed by atoms with E-state index in [0.717, 1.165) is 46.2 Å². The summed E-state index contributed by atoms with van der Waals surface area (Å²) in [6, 6.07) is 0. The highest BCUT2D eigenvalue weighted by Crippen LogP contribution is 2.29. The first-order valence-electron chi connectivity index (χ1n) is 3.57. The molecule has 0 amide bonds. The number of nitriles is 2. The highest BCUT2D eigenvalue weighted by molar-refractivity contribution is 8.10. The molecule has 12 heavy (non-hydrogen) atoms. The van der Waals surface area contributed by atoms with Gasteiger partial charge in [0.2, 0.25) is 0 Å². The Labute approximate surface area is 81.6 Å². The van der Waals surface area contributed by atoms with Crippen LogP contribution in [0.2, 0.25) is 0 Å². The predicted molar refractivity (Wildman–Crippen MR) is 54.0 cm³/mol. The molecule has 0 aromatic carbocycles. The van der Waals surface area contributed by atoms with Gasteiger partial charge in [-0.25, -0.2) is 0 Å². The minimum Gasteiger partial charge on any atom is -0.185 e. The van der Waals surface area contributed by atoms with Gasteiger partial charge < -0.3 is 0 Å². The molecule has 0 spiro atoms. The van der Waals surface area contributed by atoms with Gasteiger partial charge in [-0.05, 0) is 36.9 Å². The zero-order chi connectivity index (χ0) is 9.40. The number of thiocyanates is 2. The minimum atomic E-state index is 0.888. The summed E-state index contributed by atoms with van der Waals surface area (Å²) in [6.45, 7) is 3.94. The molecule has 0 rings (SSSR count). The van der Waals surface area contributed by atoms with Gasteiger partial charge in [0.05, 0.1) is 0 Å². The molecule has 0 aliphatic heterocycles. The lowest BCUT2D eigenvalue weighted by atomic mass is 10.3. The fourth-order valence-corrected chi connectivity index (χ4v) is 1.87. The molecule has 0 aliphatic carbocycles. The molecule has 0 bridgehead atoms. The van der Waals surface area contributed by atoms with Crippen LogP contribution >= 0.6 is 23.5 Å². The van der Waals surface area contributed by atoms with Crippen molar-refractivity contribution in [1.82, 2.24) is 0 Å². The van der Waals surface area contributed by atoms with Crippen LogP contribution in [0, 0.1) is 21.3 Å². The van der Waals surface area contributed by atoms with Gasteiger partial charge in [0, 0.05) is 9.81 Å². The van der Waals surface area contributed by atoms with Crippen molar-refractivity contribution in [1.29, 1.82) is 10.5 Å². The van der Waals surface area contributed by atoms with Crippen molar-refractivity contribution in [2.45, 2.75) is 26.7 Å². The lowest BCUT2D eigenvalue weighted by Crippen LogP contribution is -1.79. The van der Waals surface area contributed by atoms with Crippen LogP contribution in [0.3, 0.4) is 0 Å². The van der Waals surface area contributed by atoms with Crippen molar-refractivity contribution in [3.63, 3.8) is 0 Å². The van der Waals surface area contributed by atoms with Crippen molar-refractivity contribution in [2.75, 3.05) is 0 Å². The second-order valence-electron chi connectivity index (χ2n) is 2.12. The molecule has 0 saturated carbocycles. The Morgan fingerprint density at radius 1 is 1.25 bits per heavy atom. The number of thioether (sulfide) groups is 2. The van der Waals surface area contributed by atoms with Gasteiger partial charge in [-0.2, -0.15) is 10.5 Å². The normalized spacial score (nSPS) is 11.3. The highest BCUT2D eigenvalue weighted by atomic mass is 32.2. The lowest BCUT2D eigenvalue weighted by molar-refractivity contribution is 0.944. The molecule has 0 N–H and O–H groups in total. The van der Waals surface area contributed by atoms with Crippen molar-refractivity contribution >= 4 is 23.5 Å². The first-order chi connectivity index (χ1) is 5.76. The largest absolute Gasteiger partial charge is 0.185 e. The molecule has 4 heteroatoms. The molecule has 2 nitrogen and oxygen atoms in total. The summed E-state index contributed by atoms with van der Waals surface area (Å²) in [5.74, 6) is 0. The topological polar surface area (TPSA) is 47.6 Å². The summed E-state index contributed by atoms with van der Waals surface area (Å²) < 4.78 is 0. The maximum Gasteiger partial charge on any atom is 0.138 e. The molecule has 0 aromatic rings. The lowest BCUT2D eigenvalue weighted by Gasteiger charge is -2.01. The number of nitrogens with zero attached hydrogens (tertiary/aromatic N) is 2. The van der Waals surface area contributed by atoms with E-state index in [1.807, 2.05) is 17.7 Å². The van der Waals surface area contributed by atoms with Crippen LogP contribution < -0.4 is 0 Å². The number of hydrogen-bond acceptors (Lipinski definition) is 4. The monoisotopic (exact) mass is 198 g/mol. The quantitative estimate of drug-likeness (QED) is 0.649. The summed E-state index contributed by atoms with van der Waals surface area (Å²) in [7, 11) is 0. The second-order valence-corrected chi connectivity index (χ2v) is 3.99. The van der Waals surface area contributed by atoms with Crippen LogP contribution in [-0.2, 0) is 0 Å². The van der Waals surface area contributed by atoms with Gasteiger partial charge in [-0.1, -0.05) is 13.3 Å². The van der Waals surface area contributed by atoms with Gasteiger partial charge in [0.15, 0.2) is 0 Å². The maximum absolute atomic E-state index is 8.47. The Bertz CT molecular complexity index is 245. The van der Waals surface area contributed by atoms with E-state index in [9.17, 15) is 0 Å². The molecule has 0 fully saturated rings. The predicted octanol–water partition coefficient (Wildman–Crippen LogP) is 3.45. The molecule has 0 radical (unpaired) electrons. The van der Waals surface area contributed by atoms with Crippen molar-refractivity contribution in [2.24, 2.45) is 0 Å². The molecule has 0 saturated heterocycles. The number of allylic oxidation sites excluding steroid dienone is 2. The number of rotatable bonds is 4. The van der Waals surface area contributed by atoms with E-state index < -0.39 is 0 Å². The summed E-state index contributed by atoms with van der Waals surface area (Å²) in [6.07, 6.45) is 1.89. The molecular formula is C8H10N2S2. The van der Waals surface area contributed by atoms with E-state index in [4.69, 9.17) is 10.5 Å². The first kappa shape index (κ1) is 11.4. The van der Waals surface area contributed by atoms with E-state index in [1.165, 1.54) is 0 Å². The third kappa shape index (κ3) is 4.33. The van der Waals surface area contributed by atoms with E-state index in [2.05, 4.69) is 6.92 Å². The van der Waals surface area contributed by atoms with Gasteiger partial charge in [-0.15, -0.1) is 0 Å². The Morgan fingerprint density at radius 3 is 2.25 bits per heavy atom. The van der Waals surface area contributed by atoms with Crippen LogP contribution in [-0.4, -0.2) is 0 Å². The smallest absolute Gasteiger partial charge is 0.138 e. The van der Waals surface area contributed by atoms with Gasteiger partial charge in [0.1, 0.15) is 10.8 Å². The van der Waals surface area contributed by atoms with E-state index in [0.29, 0.717) is 0 Å². The number of hydrogen-bond donors (Lipinski definition) is 0. The average Bonchev–Trinajstić information content (AvgIpc) is 2.04. The minimum absolute atomic E-state index is 0.888. The highest BCUT2D eigenvalue weighted by Gasteiger charge is 2.02. The molecule has 0 aliphatic rings. The molecule has 0 unspecified atom stereocenters. The molecule has 64 valence electrons. The zero-order valence-corrected chi connectivity index (χ0v) is 8.76. The Balaban J connectivity index is 4.36. The molecule has 0 atom stereocenters. The van der Waals surface area contributed by atoms with Crippen LogP contribution in [0.1, 0.15) is 26.7 Å². The average molecular weight is 198 g/mol. The molecule has 0 aromatic heterocycles.